The van der Waals surface area contributed by atoms with E-state index in [1.165, 1.54) is 0 Å². The minimum absolute atomic E-state index is 0.268. The zero-order valence-electron chi connectivity index (χ0n) is 16.0. The fourth-order valence-electron chi connectivity index (χ4n) is 2.65. The molecule has 0 aromatic heterocycles. The summed E-state index contributed by atoms with van der Waals surface area (Å²) in [4.78, 5) is 27.2. The number of benzene rings is 2. The highest BCUT2D eigenvalue weighted by Crippen LogP contribution is 2.22. The van der Waals surface area contributed by atoms with Gasteiger partial charge in [-0.1, -0.05) is 62.4 Å². The third-order valence-corrected chi connectivity index (χ3v) is 3.94. The Labute approximate surface area is 160 Å². The van der Waals surface area contributed by atoms with Gasteiger partial charge >= 0.3 is 11.9 Å². The van der Waals surface area contributed by atoms with Crippen LogP contribution in [0.1, 0.15) is 32.3 Å². The molecule has 0 amide bonds. The molecule has 0 heterocycles. The lowest BCUT2D eigenvalue weighted by atomic mass is 10.1. The Hall–Kier alpha value is -2.82. The quantitative estimate of drug-likeness (QED) is 0.468. The summed E-state index contributed by atoms with van der Waals surface area (Å²) in [6.45, 7) is 4.75. The maximum absolute atomic E-state index is 12.7. The van der Waals surface area contributed by atoms with E-state index in [4.69, 9.17) is 9.47 Å². The third kappa shape index (κ3) is 6.13. The van der Waals surface area contributed by atoms with E-state index < -0.39 is 18.0 Å². The second kappa shape index (κ2) is 11.0. The van der Waals surface area contributed by atoms with Crippen LogP contribution in [0.2, 0.25) is 0 Å². The molecule has 0 aliphatic rings. The zero-order chi connectivity index (χ0) is 19.5. The minimum atomic E-state index is -1.15. The molecule has 27 heavy (non-hydrogen) atoms. The van der Waals surface area contributed by atoms with Crippen molar-refractivity contribution >= 4 is 17.6 Å². The van der Waals surface area contributed by atoms with Crippen molar-refractivity contribution in [2.24, 2.45) is 0 Å². The van der Waals surface area contributed by atoms with E-state index in [1.54, 1.807) is 4.90 Å². The summed E-state index contributed by atoms with van der Waals surface area (Å²) in [5.74, 6) is -1.17. The molecule has 0 aliphatic heterocycles. The maximum Gasteiger partial charge on any atom is 0.340 e. The average Bonchev–Trinajstić information content (AvgIpc) is 2.71. The number of carbonyl (C=O) groups excluding carboxylic acids is 2. The van der Waals surface area contributed by atoms with Gasteiger partial charge in [-0.25, -0.2) is 9.59 Å². The zero-order valence-corrected chi connectivity index (χ0v) is 16.0. The number of anilines is 1. The summed E-state index contributed by atoms with van der Waals surface area (Å²) < 4.78 is 10.6. The lowest BCUT2D eigenvalue weighted by Gasteiger charge is -2.31. The predicted molar refractivity (Wildman–Crippen MR) is 105 cm³/mol. The van der Waals surface area contributed by atoms with Crippen LogP contribution in [-0.2, 0) is 25.6 Å². The van der Waals surface area contributed by atoms with Crippen LogP contribution in [0, 0.1) is 0 Å². The van der Waals surface area contributed by atoms with Crippen molar-refractivity contribution in [3.63, 3.8) is 0 Å². The molecule has 2 rings (SSSR count). The summed E-state index contributed by atoms with van der Waals surface area (Å²) in [6, 6.07) is 17.9. The molecular weight excluding hydrogens is 342 g/mol. The molecule has 2 aromatic rings. The van der Waals surface area contributed by atoms with Crippen LogP contribution < -0.4 is 4.90 Å². The highest BCUT2D eigenvalue weighted by atomic mass is 16.6. The number of para-hydroxylation sites is 1. The van der Waals surface area contributed by atoms with Crippen LogP contribution in [0.3, 0.4) is 0 Å². The molecule has 0 N–H and O–H groups in total. The maximum atomic E-state index is 12.7. The Balaban J connectivity index is 2.37. The molecule has 0 atom stereocenters. The predicted octanol–water partition coefficient (Wildman–Crippen LogP) is 3.97. The lowest BCUT2D eigenvalue weighted by Crippen LogP contribution is -2.48. The molecule has 0 aliphatic carbocycles. The molecule has 0 unspecified atom stereocenters. The average molecular weight is 369 g/mol. The first kappa shape index (κ1) is 20.5. The molecule has 0 spiro atoms. The summed E-state index contributed by atoms with van der Waals surface area (Å²) in [5.41, 5.74) is 1.74. The SMILES string of the molecule is CCCOC(=O)C(C(=O)OCCC)N(Cc1ccccc1)c1ccccc1. The van der Waals surface area contributed by atoms with Crippen molar-refractivity contribution in [1.29, 1.82) is 0 Å². The van der Waals surface area contributed by atoms with Gasteiger partial charge in [0.05, 0.1) is 13.2 Å². The highest BCUT2D eigenvalue weighted by Gasteiger charge is 2.36. The van der Waals surface area contributed by atoms with Crippen LogP contribution in [0.25, 0.3) is 0 Å². The molecule has 0 bridgehead atoms. The normalized spacial score (nSPS) is 10.5. The summed E-state index contributed by atoms with van der Waals surface area (Å²) in [6.07, 6.45) is 1.37. The van der Waals surface area contributed by atoms with Gasteiger partial charge in [-0.05, 0) is 30.5 Å². The van der Waals surface area contributed by atoms with Crippen LogP contribution >= 0.6 is 0 Å². The van der Waals surface area contributed by atoms with Gasteiger partial charge in [-0.15, -0.1) is 0 Å². The molecular formula is C22H27NO4. The monoisotopic (exact) mass is 369 g/mol. The Morgan fingerprint density at radius 3 is 1.78 bits per heavy atom. The third-order valence-electron chi connectivity index (χ3n) is 3.94. The number of ether oxygens (including phenoxy) is 2. The van der Waals surface area contributed by atoms with Gasteiger partial charge in [0.15, 0.2) is 0 Å². The Bertz CT molecular complexity index is 683. The summed E-state index contributed by atoms with van der Waals surface area (Å²) >= 11 is 0. The van der Waals surface area contributed by atoms with Crippen molar-refractivity contribution in [3.05, 3.63) is 66.2 Å². The van der Waals surface area contributed by atoms with Crippen molar-refractivity contribution in [1.82, 2.24) is 0 Å². The largest absolute Gasteiger partial charge is 0.464 e. The number of hydrogen-bond donors (Lipinski definition) is 0. The summed E-state index contributed by atoms with van der Waals surface area (Å²) in [5, 5.41) is 0. The van der Waals surface area contributed by atoms with E-state index in [1.807, 2.05) is 74.5 Å². The molecule has 144 valence electrons. The van der Waals surface area contributed by atoms with Crippen molar-refractivity contribution in [2.75, 3.05) is 18.1 Å². The topological polar surface area (TPSA) is 55.8 Å². The first-order valence-corrected chi connectivity index (χ1v) is 9.36. The first-order valence-electron chi connectivity index (χ1n) is 9.36. The highest BCUT2D eigenvalue weighted by molar-refractivity contribution is 6.02. The Morgan fingerprint density at radius 2 is 1.30 bits per heavy atom. The standard InChI is InChI=1S/C22H27NO4/c1-3-15-26-21(24)20(22(25)27-16-4-2)23(19-13-9-6-10-14-19)17-18-11-7-5-8-12-18/h5-14,20H,3-4,15-17H2,1-2H3. The van der Waals surface area contributed by atoms with Gasteiger partial charge in [0.25, 0.3) is 0 Å². The van der Waals surface area contributed by atoms with Gasteiger partial charge < -0.3 is 14.4 Å². The van der Waals surface area contributed by atoms with Gasteiger partial charge in [0.2, 0.25) is 6.04 Å². The second-order valence-corrected chi connectivity index (χ2v) is 6.19. The molecule has 5 nitrogen and oxygen atoms in total. The molecule has 0 saturated carbocycles. The van der Waals surface area contributed by atoms with Gasteiger partial charge in [0.1, 0.15) is 0 Å². The lowest BCUT2D eigenvalue weighted by molar-refractivity contribution is -0.157. The van der Waals surface area contributed by atoms with Crippen LogP contribution in [-0.4, -0.2) is 31.2 Å². The smallest absolute Gasteiger partial charge is 0.340 e. The first-order chi connectivity index (χ1) is 13.2. The van der Waals surface area contributed by atoms with E-state index in [-0.39, 0.29) is 13.2 Å². The molecule has 0 saturated heterocycles. The minimum Gasteiger partial charge on any atom is -0.464 e. The number of carbonyl (C=O) groups is 2. The van der Waals surface area contributed by atoms with E-state index >= 15 is 0 Å². The molecule has 5 heteroatoms. The molecule has 0 fully saturated rings. The number of rotatable bonds is 10. The van der Waals surface area contributed by atoms with Crippen molar-refractivity contribution < 1.29 is 19.1 Å². The van der Waals surface area contributed by atoms with Crippen LogP contribution in [0.4, 0.5) is 5.69 Å². The Morgan fingerprint density at radius 1 is 0.815 bits per heavy atom. The van der Waals surface area contributed by atoms with E-state index in [0.29, 0.717) is 19.4 Å². The van der Waals surface area contributed by atoms with Crippen LogP contribution in [0.5, 0.6) is 0 Å². The van der Waals surface area contributed by atoms with E-state index in [9.17, 15) is 9.59 Å². The number of esters is 2. The number of nitrogens with zero attached hydrogens (tertiary/aromatic N) is 1. The fourth-order valence-corrected chi connectivity index (χ4v) is 2.65. The number of hydrogen-bond acceptors (Lipinski definition) is 5. The van der Waals surface area contributed by atoms with Gasteiger partial charge in [-0.3, -0.25) is 0 Å². The second-order valence-electron chi connectivity index (χ2n) is 6.19. The van der Waals surface area contributed by atoms with Crippen molar-refractivity contribution in [3.8, 4) is 0 Å². The molecule has 2 aromatic carbocycles. The van der Waals surface area contributed by atoms with Gasteiger partial charge in [0, 0.05) is 12.2 Å². The van der Waals surface area contributed by atoms with Gasteiger partial charge in [-0.2, -0.15) is 0 Å². The molecule has 0 radical (unpaired) electrons. The Kier molecular flexibility index (Phi) is 8.36. The fraction of sp³-hybridized carbons (Fsp3) is 0.364. The van der Waals surface area contributed by atoms with Crippen LogP contribution in [0.15, 0.2) is 60.7 Å². The van der Waals surface area contributed by atoms with Crippen molar-refractivity contribution in [2.45, 2.75) is 39.3 Å². The van der Waals surface area contributed by atoms with E-state index in [0.717, 1.165) is 11.3 Å². The summed E-state index contributed by atoms with van der Waals surface area (Å²) in [7, 11) is 0. The van der Waals surface area contributed by atoms with E-state index in [2.05, 4.69) is 0 Å².